The second kappa shape index (κ2) is 5.20. The Morgan fingerprint density at radius 2 is 2.00 bits per heavy atom. The van der Waals surface area contributed by atoms with Crippen LogP contribution in [-0.4, -0.2) is 15.7 Å². The van der Waals surface area contributed by atoms with Gasteiger partial charge in [0, 0.05) is 32.7 Å². The number of pyridine rings is 1. The maximum absolute atomic E-state index is 9.85. The van der Waals surface area contributed by atoms with E-state index in [-0.39, 0.29) is 32.7 Å². The average molecular weight is 333 g/mol. The zero-order valence-corrected chi connectivity index (χ0v) is 14.9. The molecular formula is C16H22NOY-. The Balaban J connectivity index is 0.00000133. The normalized spacial score (nSPS) is 36.6. The summed E-state index contributed by atoms with van der Waals surface area (Å²) in [5.41, 5.74) is 2.43. The Labute approximate surface area is 141 Å². The second-order valence-electron chi connectivity index (χ2n) is 7.04. The fraction of sp³-hybridized carbons (Fsp3) is 0.688. The second-order valence-corrected chi connectivity index (χ2v) is 7.04. The smallest absolute Gasteiger partial charge is 0.0630 e. The number of aliphatic hydroxyl groups is 1. The van der Waals surface area contributed by atoms with Gasteiger partial charge >= 0.3 is 0 Å². The molecule has 1 aromatic rings. The molecule has 0 atom stereocenters. The van der Waals surface area contributed by atoms with Crippen LogP contribution in [0.3, 0.4) is 0 Å². The van der Waals surface area contributed by atoms with E-state index < -0.39 is 5.60 Å². The molecule has 101 valence electrons. The van der Waals surface area contributed by atoms with Crippen molar-refractivity contribution in [2.75, 3.05) is 0 Å². The van der Waals surface area contributed by atoms with Gasteiger partial charge < -0.3 is 10.1 Å². The van der Waals surface area contributed by atoms with E-state index in [0.29, 0.717) is 17.3 Å². The van der Waals surface area contributed by atoms with Crippen LogP contribution in [-0.2, 0) is 32.7 Å². The third kappa shape index (κ3) is 2.96. The van der Waals surface area contributed by atoms with Crippen molar-refractivity contribution < 1.29 is 37.8 Å². The number of nitrogens with zero attached hydrogens (tertiary/aromatic N) is 1. The van der Waals surface area contributed by atoms with Crippen LogP contribution < -0.4 is 0 Å². The van der Waals surface area contributed by atoms with Crippen molar-refractivity contribution in [2.45, 2.75) is 63.9 Å². The van der Waals surface area contributed by atoms with Crippen LogP contribution in [0.25, 0.3) is 0 Å². The van der Waals surface area contributed by atoms with E-state index in [1.54, 1.807) is 0 Å². The Kier molecular flexibility index (Phi) is 4.27. The summed E-state index contributed by atoms with van der Waals surface area (Å²) < 4.78 is 0. The minimum Gasteiger partial charge on any atom is -0.390 e. The molecule has 2 aliphatic carbocycles. The molecule has 2 saturated carbocycles. The predicted molar refractivity (Wildman–Crippen MR) is 71.4 cm³/mol. The van der Waals surface area contributed by atoms with E-state index >= 15 is 0 Å². The molecule has 1 heterocycles. The molecule has 3 heteroatoms. The largest absolute Gasteiger partial charge is 0.390 e. The van der Waals surface area contributed by atoms with Gasteiger partial charge in [-0.2, -0.15) is 12.1 Å². The molecule has 0 aromatic carbocycles. The first-order valence-electron chi connectivity index (χ1n) is 6.99. The molecule has 1 N–H and O–H groups in total. The summed E-state index contributed by atoms with van der Waals surface area (Å²) in [6, 6.07) is 5.43. The van der Waals surface area contributed by atoms with Gasteiger partial charge in [0.05, 0.1) is 5.60 Å². The van der Waals surface area contributed by atoms with Crippen LogP contribution in [0, 0.1) is 11.5 Å². The minimum absolute atomic E-state index is 0. The number of rotatable bonds is 2. The van der Waals surface area contributed by atoms with Gasteiger partial charge in [-0.05, 0) is 49.9 Å². The predicted octanol–water partition coefficient (Wildman–Crippen LogP) is 3.41. The summed E-state index contributed by atoms with van der Waals surface area (Å²) in [7, 11) is 0. The van der Waals surface area contributed by atoms with Crippen LogP contribution in [0.15, 0.2) is 12.3 Å². The number of hydrogen-bond acceptors (Lipinski definition) is 2. The van der Waals surface area contributed by atoms with Gasteiger partial charge in [0.1, 0.15) is 0 Å². The van der Waals surface area contributed by atoms with E-state index in [1.807, 2.05) is 13.1 Å². The molecular weight excluding hydrogens is 311 g/mol. The Morgan fingerprint density at radius 3 is 2.42 bits per heavy atom. The zero-order chi connectivity index (χ0) is 13.0. The van der Waals surface area contributed by atoms with Gasteiger partial charge in [-0.15, -0.1) is 5.56 Å². The summed E-state index contributed by atoms with van der Waals surface area (Å²) in [6.07, 6.45) is 6.33. The topological polar surface area (TPSA) is 33.1 Å². The van der Waals surface area contributed by atoms with Gasteiger partial charge in [0.15, 0.2) is 0 Å². The van der Waals surface area contributed by atoms with E-state index in [9.17, 15) is 5.11 Å². The summed E-state index contributed by atoms with van der Waals surface area (Å²) in [5.74, 6) is 1.10. The summed E-state index contributed by atoms with van der Waals surface area (Å²) in [6.45, 7) is 6.29. The molecule has 0 aliphatic heterocycles. The summed E-state index contributed by atoms with van der Waals surface area (Å²) >= 11 is 0. The maximum Gasteiger partial charge on any atom is 0.0630 e. The zero-order valence-electron chi connectivity index (χ0n) is 12.1. The molecule has 2 aliphatic rings. The Morgan fingerprint density at radius 1 is 1.37 bits per heavy atom. The van der Waals surface area contributed by atoms with Crippen LogP contribution >= 0.6 is 0 Å². The Bertz CT molecular complexity index is 436. The monoisotopic (exact) mass is 333 g/mol. The first kappa shape index (κ1) is 15.6. The SMILES string of the molecule is CC(C)c1[c-]cc(C2CC3(C2)CC(C)(O)C3)nc1.[Y]. The third-order valence-corrected chi connectivity index (χ3v) is 4.65. The molecule has 3 rings (SSSR count). The van der Waals surface area contributed by atoms with E-state index in [4.69, 9.17) is 0 Å². The van der Waals surface area contributed by atoms with Crippen LogP contribution in [0.4, 0.5) is 0 Å². The molecule has 0 bridgehead atoms. The number of hydrogen-bond donors (Lipinski definition) is 1. The first-order chi connectivity index (χ1) is 8.39. The van der Waals surface area contributed by atoms with Crippen LogP contribution in [0.5, 0.6) is 0 Å². The van der Waals surface area contributed by atoms with Gasteiger partial charge in [-0.25, -0.2) is 0 Å². The molecule has 0 saturated heterocycles. The molecule has 1 spiro atoms. The quantitative estimate of drug-likeness (QED) is 0.842. The Hall–Kier alpha value is 0.214. The van der Waals surface area contributed by atoms with Crippen molar-refractivity contribution in [3.8, 4) is 0 Å². The molecule has 2 fully saturated rings. The number of aromatic nitrogens is 1. The van der Waals surface area contributed by atoms with E-state index in [1.165, 1.54) is 24.1 Å². The minimum atomic E-state index is -0.397. The van der Waals surface area contributed by atoms with Crippen LogP contribution in [0.2, 0.25) is 0 Å². The van der Waals surface area contributed by atoms with E-state index in [2.05, 4.69) is 31.0 Å². The maximum atomic E-state index is 9.85. The molecule has 19 heavy (non-hydrogen) atoms. The van der Waals surface area contributed by atoms with Gasteiger partial charge in [0.25, 0.3) is 0 Å². The fourth-order valence-corrected chi connectivity index (χ4v) is 3.96. The first-order valence-corrected chi connectivity index (χ1v) is 6.99. The molecule has 2 nitrogen and oxygen atoms in total. The molecule has 1 radical (unpaired) electrons. The van der Waals surface area contributed by atoms with Crippen molar-refractivity contribution >= 4 is 0 Å². The molecule has 1 aromatic heterocycles. The van der Waals surface area contributed by atoms with E-state index in [0.717, 1.165) is 12.8 Å². The molecule has 0 unspecified atom stereocenters. The van der Waals surface area contributed by atoms with Gasteiger partial charge in [-0.3, -0.25) is 0 Å². The average Bonchev–Trinajstić information content (AvgIpc) is 2.22. The summed E-state index contributed by atoms with van der Waals surface area (Å²) in [5, 5.41) is 9.85. The van der Waals surface area contributed by atoms with Crippen molar-refractivity contribution in [3.05, 3.63) is 29.6 Å². The van der Waals surface area contributed by atoms with Crippen molar-refractivity contribution in [1.29, 1.82) is 0 Å². The van der Waals surface area contributed by atoms with Crippen molar-refractivity contribution in [1.82, 2.24) is 4.98 Å². The van der Waals surface area contributed by atoms with Gasteiger partial charge in [-0.1, -0.05) is 25.7 Å². The third-order valence-electron chi connectivity index (χ3n) is 4.65. The van der Waals surface area contributed by atoms with Gasteiger partial charge in [0.2, 0.25) is 0 Å². The van der Waals surface area contributed by atoms with Crippen LogP contribution in [0.1, 0.15) is 69.5 Å². The summed E-state index contributed by atoms with van der Waals surface area (Å²) in [4.78, 5) is 4.59. The van der Waals surface area contributed by atoms with Crippen molar-refractivity contribution in [3.63, 3.8) is 0 Å². The molecule has 0 amide bonds. The standard InChI is InChI=1S/C16H22NO.Y/c1-11(2)12-4-5-14(17-8-12)13-6-16(7-13)9-15(3,18)10-16;/h5,8,11,13,18H,6-7,9-10H2,1-3H3;/q-1;. The van der Waals surface area contributed by atoms with Crippen molar-refractivity contribution in [2.24, 2.45) is 5.41 Å². The fourth-order valence-electron chi connectivity index (χ4n) is 3.96.